The lowest BCUT2D eigenvalue weighted by Crippen LogP contribution is -2.29. The molecular formula is C11H17NO2S. The van der Waals surface area contributed by atoms with Gasteiger partial charge in [0.15, 0.2) is 0 Å². The third-order valence-corrected chi connectivity index (χ3v) is 2.92. The molecule has 0 spiro atoms. The van der Waals surface area contributed by atoms with Gasteiger partial charge in [-0.25, -0.2) is 0 Å². The first kappa shape index (κ1) is 12.4. The predicted molar refractivity (Wildman–Crippen MR) is 64.6 cm³/mol. The Labute approximate surface area is 94.7 Å². The van der Waals surface area contributed by atoms with Crippen LogP contribution in [0.4, 0.5) is 5.69 Å². The molecule has 3 nitrogen and oxygen atoms in total. The molecule has 15 heavy (non-hydrogen) atoms. The maximum atomic E-state index is 8.90. The van der Waals surface area contributed by atoms with Gasteiger partial charge in [0.05, 0.1) is 13.2 Å². The Bertz CT molecular complexity index is 270. The highest BCUT2D eigenvalue weighted by Crippen LogP contribution is 2.20. The van der Waals surface area contributed by atoms with Gasteiger partial charge in [0, 0.05) is 23.7 Å². The molecule has 0 unspecified atom stereocenters. The van der Waals surface area contributed by atoms with E-state index in [4.69, 9.17) is 10.2 Å². The van der Waals surface area contributed by atoms with Gasteiger partial charge in [-0.3, -0.25) is 0 Å². The number of thioether (sulfide) groups is 1. The maximum absolute atomic E-state index is 8.90. The van der Waals surface area contributed by atoms with Crippen molar-refractivity contribution in [1.29, 1.82) is 0 Å². The van der Waals surface area contributed by atoms with E-state index >= 15 is 0 Å². The molecule has 0 radical (unpaired) electrons. The van der Waals surface area contributed by atoms with Crippen LogP contribution in [0.5, 0.6) is 0 Å². The van der Waals surface area contributed by atoms with Crippen molar-refractivity contribution < 1.29 is 10.2 Å². The number of hydrogen-bond acceptors (Lipinski definition) is 4. The molecule has 0 atom stereocenters. The van der Waals surface area contributed by atoms with Gasteiger partial charge in [-0.05, 0) is 30.5 Å². The zero-order valence-electron chi connectivity index (χ0n) is 8.89. The Kier molecular flexibility index (Phi) is 5.53. The summed E-state index contributed by atoms with van der Waals surface area (Å²) in [6.45, 7) is 1.31. The van der Waals surface area contributed by atoms with Crippen molar-refractivity contribution in [3.63, 3.8) is 0 Å². The first-order valence-electron chi connectivity index (χ1n) is 4.92. The summed E-state index contributed by atoms with van der Waals surface area (Å²) < 4.78 is 0. The first-order chi connectivity index (χ1) is 7.31. The lowest BCUT2D eigenvalue weighted by atomic mass is 10.3. The fraction of sp³-hybridized carbons (Fsp3) is 0.455. The van der Waals surface area contributed by atoms with Gasteiger partial charge in [0.2, 0.25) is 0 Å². The molecule has 0 aliphatic rings. The van der Waals surface area contributed by atoms with Crippen LogP contribution in [0.1, 0.15) is 0 Å². The molecule has 2 N–H and O–H groups in total. The second-order valence-corrected chi connectivity index (χ2v) is 4.01. The van der Waals surface area contributed by atoms with Crippen molar-refractivity contribution in [2.24, 2.45) is 0 Å². The summed E-state index contributed by atoms with van der Waals surface area (Å²) in [5.41, 5.74) is 1.04. The zero-order chi connectivity index (χ0) is 11.1. The van der Waals surface area contributed by atoms with Crippen molar-refractivity contribution in [3.05, 3.63) is 24.3 Å². The number of aliphatic hydroxyl groups is 2. The summed E-state index contributed by atoms with van der Waals surface area (Å²) in [5, 5.41) is 17.8. The second kappa shape index (κ2) is 6.71. The zero-order valence-corrected chi connectivity index (χ0v) is 9.70. The number of rotatable bonds is 6. The van der Waals surface area contributed by atoms with E-state index in [9.17, 15) is 0 Å². The van der Waals surface area contributed by atoms with Crippen LogP contribution in [-0.4, -0.2) is 42.8 Å². The predicted octanol–water partition coefficient (Wildman–Crippen LogP) is 1.20. The van der Waals surface area contributed by atoms with Gasteiger partial charge < -0.3 is 15.1 Å². The molecule has 0 aliphatic heterocycles. The van der Waals surface area contributed by atoms with E-state index in [1.807, 2.05) is 35.4 Å². The summed E-state index contributed by atoms with van der Waals surface area (Å²) in [6, 6.07) is 8.11. The normalized spacial score (nSPS) is 10.3. The minimum absolute atomic E-state index is 0.101. The van der Waals surface area contributed by atoms with Gasteiger partial charge in [-0.1, -0.05) is 0 Å². The summed E-state index contributed by atoms with van der Waals surface area (Å²) >= 11 is 1.70. The number of aliphatic hydroxyl groups excluding tert-OH is 2. The number of nitrogens with zero attached hydrogens (tertiary/aromatic N) is 1. The van der Waals surface area contributed by atoms with Crippen LogP contribution < -0.4 is 4.90 Å². The lowest BCUT2D eigenvalue weighted by molar-refractivity contribution is 0.281. The van der Waals surface area contributed by atoms with E-state index < -0.39 is 0 Å². The van der Waals surface area contributed by atoms with Crippen LogP contribution in [0.15, 0.2) is 29.2 Å². The van der Waals surface area contributed by atoms with Crippen molar-refractivity contribution >= 4 is 17.4 Å². The highest BCUT2D eigenvalue weighted by molar-refractivity contribution is 7.98. The first-order valence-corrected chi connectivity index (χ1v) is 6.15. The molecule has 0 saturated carbocycles. The molecule has 0 heterocycles. The summed E-state index contributed by atoms with van der Waals surface area (Å²) in [7, 11) is 0. The van der Waals surface area contributed by atoms with Crippen molar-refractivity contribution in [2.45, 2.75) is 4.90 Å². The van der Waals surface area contributed by atoms with Gasteiger partial charge in [-0.15, -0.1) is 11.8 Å². The van der Waals surface area contributed by atoms with Gasteiger partial charge in [0.1, 0.15) is 0 Å². The van der Waals surface area contributed by atoms with E-state index in [-0.39, 0.29) is 13.2 Å². The molecule has 0 bridgehead atoms. The third kappa shape index (κ3) is 3.74. The van der Waals surface area contributed by atoms with Gasteiger partial charge >= 0.3 is 0 Å². The Morgan fingerprint density at radius 2 is 1.60 bits per heavy atom. The largest absolute Gasteiger partial charge is 0.395 e. The number of anilines is 1. The van der Waals surface area contributed by atoms with E-state index in [1.54, 1.807) is 11.8 Å². The lowest BCUT2D eigenvalue weighted by Gasteiger charge is -2.22. The average Bonchev–Trinajstić information content (AvgIpc) is 2.29. The molecule has 84 valence electrons. The Balaban J connectivity index is 2.72. The molecule has 0 fully saturated rings. The average molecular weight is 227 g/mol. The van der Waals surface area contributed by atoms with Crippen molar-refractivity contribution in [2.75, 3.05) is 37.5 Å². The van der Waals surface area contributed by atoms with Crippen LogP contribution in [0.25, 0.3) is 0 Å². The molecular weight excluding hydrogens is 210 g/mol. The molecule has 0 amide bonds. The molecule has 1 rings (SSSR count). The summed E-state index contributed by atoms with van der Waals surface area (Å²) in [6.07, 6.45) is 2.04. The summed E-state index contributed by atoms with van der Waals surface area (Å²) in [5.74, 6) is 0. The van der Waals surface area contributed by atoms with Crippen LogP contribution in [0, 0.1) is 0 Å². The van der Waals surface area contributed by atoms with Crippen LogP contribution >= 0.6 is 11.8 Å². The van der Waals surface area contributed by atoms with Gasteiger partial charge in [0.25, 0.3) is 0 Å². The monoisotopic (exact) mass is 227 g/mol. The Hall–Kier alpha value is -0.710. The van der Waals surface area contributed by atoms with Crippen LogP contribution in [0.2, 0.25) is 0 Å². The molecule has 0 aliphatic carbocycles. The third-order valence-electron chi connectivity index (χ3n) is 2.18. The number of hydrogen-bond donors (Lipinski definition) is 2. The fourth-order valence-electron chi connectivity index (χ4n) is 1.40. The smallest absolute Gasteiger partial charge is 0.0606 e. The van der Waals surface area contributed by atoms with E-state index in [0.717, 1.165) is 5.69 Å². The van der Waals surface area contributed by atoms with Crippen LogP contribution in [0.3, 0.4) is 0 Å². The van der Waals surface area contributed by atoms with Crippen molar-refractivity contribution in [1.82, 2.24) is 0 Å². The van der Waals surface area contributed by atoms with E-state index in [2.05, 4.69) is 0 Å². The fourth-order valence-corrected chi connectivity index (χ4v) is 1.81. The highest BCUT2D eigenvalue weighted by Gasteiger charge is 2.04. The Morgan fingerprint density at radius 3 is 2.00 bits per heavy atom. The molecule has 0 saturated heterocycles. The molecule has 1 aromatic carbocycles. The molecule has 4 heteroatoms. The second-order valence-electron chi connectivity index (χ2n) is 3.13. The Morgan fingerprint density at radius 1 is 1.07 bits per heavy atom. The summed E-state index contributed by atoms with van der Waals surface area (Å²) in [4.78, 5) is 3.18. The molecule has 0 aromatic heterocycles. The minimum Gasteiger partial charge on any atom is -0.395 e. The maximum Gasteiger partial charge on any atom is 0.0606 e. The van der Waals surface area contributed by atoms with Gasteiger partial charge in [-0.2, -0.15) is 0 Å². The molecule has 1 aromatic rings. The van der Waals surface area contributed by atoms with E-state index in [1.165, 1.54) is 4.90 Å². The topological polar surface area (TPSA) is 43.7 Å². The van der Waals surface area contributed by atoms with Crippen molar-refractivity contribution in [3.8, 4) is 0 Å². The number of benzene rings is 1. The standard InChI is InChI=1S/C11H17NO2S/c1-15-11-4-2-10(3-5-11)12(6-8-13)7-9-14/h2-5,13-14H,6-9H2,1H3. The SMILES string of the molecule is CSc1ccc(N(CCO)CCO)cc1. The highest BCUT2D eigenvalue weighted by atomic mass is 32.2. The minimum atomic E-state index is 0.101. The quantitative estimate of drug-likeness (QED) is 0.717. The van der Waals surface area contributed by atoms with Crippen LogP contribution in [-0.2, 0) is 0 Å². The van der Waals surface area contributed by atoms with E-state index in [0.29, 0.717) is 13.1 Å².